The lowest BCUT2D eigenvalue weighted by Crippen LogP contribution is -2.41. The predicted octanol–water partition coefficient (Wildman–Crippen LogP) is 5.56. The molecule has 2 aliphatic rings. The smallest absolute Gasteiger partial charge is 0.243 e. The molecule has 158 valence electrons. The van der Waals surface area contributed by atoms with Gasteiger partial charge in [-0.15, -0.1) is 0 Å². The van der Waals surface area contributed by atoms with Crippen LogP contribution in [0.25, 0.3) is 10.9 Å². The van der Waals surface area contributed by atoms with Crippen molar-refractivity contribution in [3.63, 3.8) is 0 Å². The maximum atomic E-state index is 13.4. The number of hydrogen-bond donors (Lipinski definition) is 1. The third-order valence-electron chi connectivity index (χ3n) is 7.08. The second kappa shape index (κ2) is 8.04. The molecule has 1 heterocycles. The average Bonchev–Trinajstić information content (AvgIpc) is 3.01. The number of carbonyl (C=O) groups is 1. The molecule has 0 aliphatic heterocycles. The fourth-order valence-electron chi connectivity index (χ4n) is 5.40. The Hall–Kier alpha value is -1.97. The first-order valence-corrected chi connectivity index (χ1v) is 11.4. The number of hydrogen-bond acceptors (Lipinski definition) is 2. The number of nitrogens with zero attached hydrogens (tertiary/aromatic N) is 1. The Bertz CT molecular complexity index is 890. The van der Waals surface area contributed by atoms with Gasteiger partial charge in [-0.1, -0.05) is 40.0 Å². The van der Waals surface area contributed by atoms with E-state index in [0.717, 1.165) is 43.4 Å². The molecule has 1 saturated carbocycles. The van der Waals surface area contributed by atoms with Gasteiger partial charge in [0.25, 0.3) is 0 Å². The van der Waals surface area contributed by atoms with Gasteiger partial charge < -0.3 is 14.6 Å². The molecule has 4 nitrogen and oxygen atoms in total. The van der Waals surface area contributed by atoms with Gasteiger partial charge in [-0.05, 0) is 61.6 Å². The molecule has 0 saturated heterocycles. The zero-order valence-electron chi connectivity index (χ0n) is 18.5. The molecule has 1 aromatic heterocycles. The SMILES string of the molecule is CCC(C(=O)NC1CCCCC1)n1c2c(c3ccc(OC)cc31)CCC(C)(C)C2. The van der Waals surface area contributed by atoms with E-state index in [2.05, 4.69) is 48.9 Å². The van der Waals surface area contributed by atoms with Gasteiger partial charge in [0.15, 0.2) is 0 Å². The lowest BCUT2D eigenvalue weighted by atomic mass is 9.76. The lowest BCUT2D eigenvalue weighted by molar-refractivity contribution is -0.125. The largest absolute Gasteiger partial charge is 0.497 e. The minimum absolute atomic E-state index is 0.163. The van der Waals surface area contributed by atoms with Crippen molar-refractivity contribution in [3.8, 4) is 5.75 Å². The highest BCUT2D eigenvalue weighted by Gasteiger charge is 2.34. The minimum atomic E-state index is -0.163. The number of fused-ring (bicyclic) bond motifs is 3. The highest BCUT2D eigenvalue weighted by Crippen LogP contribution is 2.42. The summed E-state index contributed by atoms with van der Waals surface area (Å²) in [6, 6.07) is 6.54. The van der Waals surface area contributed by atoms with E-state index in [1.807, 2.05) is 0 Å². The molecule has 1 unspecified atom stereocenters. The van der Waals surface area contributed by atoms with Crippen molar-refractivity contribution in [3.05, 3.63) is 29.5 Å². The summed E-state index contributed by atoms with van der Waals surface area (Å²) in [5.74, 6) is 1.04. The molecule has 1 atom stereocenters. The maximum absolute atomic E-state index is 13.4. The monoisotopic (exact) mass is 396 g/mol. The van der Waals surface area contributed by atoms with E-state index in [1.54, 1.807) is 7.11 Å². The number of benzene rings is 1. The van der Waals surface area contributed by atoms with Crippen molar-refractivity contribution in [2.45, 2.75) is 90.6 Å². The Morgan fingerprint density at radius 3 is 2.72 bits per heavy atom. The molecule has 0 spiro atoms. The van der Waals surface area contributed by atoms with E-state index in [9.17, 15) is 4.79 Å². The zero-order chi connectivity index (χ0) is 20.6. The van der Waals surface area contributed by atoms with E-state index in [0.29, 0.717) is 6.04 Å². The molecule has 2 aromatic rings. The fraction of sp³-hybridized carbons (Fsp3) is 0.640. The Morgan fingerprint density at radius 2 is 2.03 bits per heavy atom. The van der Waals surface area contributed by atoms with E-state index in [-0.39, 0.29) is 17.4 Å². The van der Waals surface area contributed by atoms with Gasteiger partial charge in [0.1, 0.15) is 11.8 Å². The van der Waals surface area contributed by atoms with Crippen LogP contribution in [0.5, 0.6) is 5.75 Å². The highest BCUT2D eigenvalue weighted by molar-refractivity contribution is 5.90. The van der Waals surface area contributed by atoms with Crippen LogP contribution in [0.4, 0.5) is 0 Å². The summed E-state index contributed by atoms with van der Waals surface area (Å²) >= 11 is 0. The third kappa shape index (κ3) is 3.91. The quantitative estimate of drug-likeness (QED) is 0.718. The second-order valence-electron chi connectivity index (χ2n) is 9.79. The van der Waals surface area contributed by atoms with Gasteiger partial charge >= 0.3 is 0 Å². The summed E-state index contributed by atoms with van der Waals surface area (Å²) < 4.78 is 7.89. The van der Waals surface area contributed by atoms with E-state index >= 15 is 0 Å². The molecule has 4 heteroatoms. The molecule has 1 N–H and O–H groups in total. The Morgan fingerprint density at radius 1 is 1.28 bits per heavy atom. The number of aryl methyl sites for hydroxylation is 1. The summed E-state index contributed by atoms with van der Waals surface area (Å²) in [5.41, 5.74) is 4.21. The number of carbonyl (C=O) groups excluding carboxylic acids is 1. The van der Waals surface area contributed by atoms with Crippen LogP contribution in [0.15, 0.2) is 18.2 Å². The normalized spacial score (nSPS) is 20.3. The average molecular weight is 397 g/mol. The molecular formula is C25H36N2O2. The standard InChI is InChI=1S/C25H36N2O2/c1-5-21(24(28)26-17-9-7-6-8-10-17)27-22-15-18(29-4)11-12-19(22)20-13-14-25(2,3)16-23(20)27/h11-12,15,17,21H,5-10,13-14,16H2,1-4H3,(H,26,28). The first-order valence-electron chi connectivity index (χ1n) is 11.4. The van der Waals surface area contributed by atoms with E-state index in [4.69, 9.17) is 4.74 Å². The topological polar surface area (TPSA) is 43.3 Å². The van der Waals surface area contributed by atoms with E-state index in [1.165, 1.54) is 42.3 Å². The Labute approximate surface area is 175 Å². The zero-order valence-corrected chi connectivity index (χ0v) is 18.5. The van der Waals surface area contributed by atoms with Crippen molar-refractivity contribution in [1.82, 2.24) is 9.88 Å². The molecule has 2 aliphatic carbocycles. The van der Waals surface area contributed by atoms with Crippen LogP contribution in [0, 0.1) is 5.41 Å². The van der Waals surface area contributed by atoms with Gasteiger partial charge in [0, 0.05) is 23.2 Å². The Kier molecular flexibility index (Phi) is 5.63. The summed E-state index contributed by atoms with van der Waals surface area (Å²) in [6.45, 7) is 6.83. The molecule has 1 fully saturated rings. The number of aromatic nitrogens is 1. The molecule has 1 aromatic carbocycles. The predicted molar refractivity (Wildman–Crippen MR) is 119 cm³/mol. The lowest BCUT2D eigenvalue weighted by Gasteiger charge is -2.33. The molecule has 29 heavy (non-hydrogen) atoms. The van der Waals surface area contributed by atoms with Gasteiger partial charge in [0.05, 0.1) is 12.6 Å². The van der Waals surface area contributed by atoms with Crippen LogP contribution in [-0.4, -0.2) is 23.6 Å². The number of ether oxygens (including phenoxy) is 1. The van der Waals surface area contributed by atoms with E-state index < -0.39 is 0 Å². The van der Waals surface area contributed by atoms with Crippen LogP contribution in [-0.2, 0) is 17.6 Å². The first kappa shape index (κ1) is 20.3. The van der Waals surface area contributed by atoms with Gasteiger partial charge in [-0.25, -0.2) is 0 Å². The first-order chi connectivity index (χ1) is 13.9. The molecule has 0 bridgehead atoms. The van der Waals surface area contributed by atoms with Crippen LogP contribution in [0.3, 0.4) is 0 Å². The maximum Gasteiger partial charge on any atom is 0.243 e. The number of methoxy groups -OCH3 is 1. The van der Waals surface area contributed by atoms with Crippen LogP contribution in [0.2, 0.25) is 0 Å². The molecular weight excluding hydrogens is 360 g/mol. The summed E-state index contributed by atoms with van der Waals surface area (Å²) in [6.07, 6.45) is 10.1. The highest BCUT2D eigenvalue weighted by atomic mass is 16.5. The van der Waals surface area contributed by atoms with Crippen molar-refractivity contribution in [1.29, 1.82) is 0 Å². The van der Waals surface area contributed by atoms with Gasteiger partial charge in [-0.3, -0.25) is 4.79 Å². The molecule has 4 rings (SSSR count). The van der Waals surface area contributed by atoms with Crippen LogP contribution in [0.1, 0.15) is 83.0 Å². The summed E-state index contributed by atoms with van der Waals surface area (Å²) in [7, 11) is 1.71. The summed E-state index contributed by atoms with van der Waals surface area (Å²) in [5, 5.41) is 4.68. The summed E-state index contributed by atoms with van der Waals surface area (Å²) in [4.78, 5) is 13.4. The number of rotatable bonds is 5. The Balaban J connectivity index is 1.78. The molecule has 1 amide bonds. The van der Waals surface area contributed by atoms with Crippen molar-refractivity contribution < 1.29 is 9.53 Å². The van der Waals surface area contributed by atoms with Crippen LogP contribution < -0.4 is 10.1 Å². The number of amides is 1. The van der Waals surface area contributed by atoms with Gasteiger partial charge in [0.2, 0.25) is 5.91 Å². The second-order valence-corrected chi connectivity index (χ2v) is 9.79. The molecule has 0 radical (unpaired) electrons. The third-order valence-corrected chi connectivity index (χ3v) is 7.08. The number of nitrogens with one attached hydrogen (secondary N) is 1. The van der Waals surface area contributed by atoms with Crippen LogP contribution >= 0.6 is 0 Å². The van der Waals surface area contributed by atoms with Gasteiger partial charge in [-0.2, -0.15) is 0 Å². The minimum Gasteiger partial charge on any atom is -0.497 e. The fourth-order valence-corrected chi connectivity index (χ4v) is 5.40. The van der Waals surface area contributed by atoms with Crippen molar-refractivity contribution >= 4 is 16.8 Å². The van der Waals surface area contributed by atoms with Crippen molar-refractivity contribution in [2.24, 2.45) is 5.41 Å². The van der Waals surface area contributed by atoms with Crippen molar-refractivity contribution in [2.75, 3.05) is 7.11 Å².